The van der Waals surface area contributed by atoms with Crippen LogP contribution in [0.2, 0.25) is 0 Å². The zero-order valence-corrected chi connectivity index (χ0v) is 13.4. The second-order valence-electron chi connectivity index (χ2n) is 4.72. The van der Waals surface area contributed by atoms with E-state index >= 15 is 0 Å². The van der Waals surface area contributed by atoms with Gasteiger partial charge in [0, 0.05) is 18.4 Å². The molecule has 1 N–H and O–H groups in total. The molecule has 20 heavy (non-hydrogen) atoms. The number of rotatable bonds is 6. The summed E-state index contributed by atoms with van der Waals surface area (Å²) in [6, 6.07) is 10.8. The molecule has 0 bridgehead atoms. The van der Waals surface area contributed by atoms with Gasteiger partial charge in [-0.2, -0.15) is 0 Å². The number of ether oxygens (including phenoxy) is 1. The smallest absolute Gasteiger partial charge is 0.133 e. The Hall–Kier alpha value is -1.39. The molecule has 0 amide bonds. The maximum atomic E-state index is 5.26. The standard InChI is InChI=1S/C16H19BrN2O/c1-18-14(9-12-5-7-19-8-6-12)10-13-3-4-16(20-2)15(17)11-13/h3-8,11,14,18H,9-10H2,1-2H3. The van der Waals surface area contributed by atoms with Crippen LogP contribution in [-0.4, -0.2) is 25.2 Å². The maximum Gasteiger partial charge on any atom is 0.133 e. The molecule has 1 atom stereocenters. The van der Waals surface area contributed by atoms with Crippen LogP contribution in [0.25, 0.3) is 0 Å². The fraction of sp³-hybridized carbons (Fsp3) is 0.312. The van der Waals surface area contributed by atoms with Crippen LogP contribution in [0, 0.1) is 0 Å². The van der Waals surface area contributed by atoms with Crippen molar-refractivity contribution in [2.45, 2.75) is 18.9 Å². The number of benzene rings is 1. The number of pyridine rings is 1. The maximum absolute atomic E-state index is 5.26. The van der Waals surface area contributed by atoms with E-state index in [1.165, 1.54) is 11.1 Å². The van der Waals surface area contributed by atoms with Crippen molar-refractivity contribution in [2.24, 2.45) is 0 Å². The lowest BCUT2D eigenvalue weighted by Gasteiger charge is -2.17. The van der Waals surface area contributed by atoms with E-state index in [1.54, 1.807) is 7.11 Å². The van der Waals surface area contributed by atoms with Crippen LogP contribution in [0.4, 0.5) is 0 Å². The lowest BCUT2D eigenvalue weighted by atomic mass is 10.00. The molecular weight excluding hydrogens is 316 g/mol. The lowest BCUT2D eigenvalue weighted by Crippen LogP contribution is -2.29. The highest BCUT2D eigenvalue weighted by molar-refractivity contribution is 9.10. The minimum atomic E-state index is 0.401. The minimum absolute atomic E-state index is 0.401. The first-order valence-electron chi connectivity index (χ1n) is 6.61. The van der Waals surface area contributed by atoms with Crippen molar-refractivity contribution in [2.75, 3.05) is 14.2 Å². The topological polar surface area (TPSA) is 34.2 Å². The number of nitrogens with zero attached hydrogens (tertiary/aromatic N) is 1. The van der Waals surface area contributed by atoms with E-state index < -0.39 is 0 Å². The Morgan fingerprint density at radius 1 is 1.15 bits per heavy atom. The summed E-state index contributed by atoms with van der Waals surface area (Å²) in [5.41, 5.74) is 2.58. The van der Waals surface area contributed by atoms with Crippen LogP contribution in [0.15, 0.2) is 47.2 Å². The van der Waals surface area contributed by atoms with Gasteiger partial charge in [0.25, 0.3) is 0 Å². The predicted octanol–water partition coefficient (Wildman–Crippen LogP) is 3.23. The van der Waals surface area contributed by atoms with Gasteiger partial charge in [0.05, 0.1) is 11.6 Å². The number of halogens is 1. The van der Waals surface area contributed by atoms with E-state index in [1.807, 2.05) is 25.5 Å². The van der Waals surface area contributed by atoms with Crippen LogP contribution in [0.5, 0.6) is 5.75 Å². The van der Waals surface area contributed by atoms with Crippen molar-refractivity contribution in [1.82, 2.24) is 10.3 Å². The molecule has 0 aliphatic heterocycles. The van der Waals surface area contributed by atoms with Gasteiger partial charge in [0.1, 0.15) is 5.75 Å². The second kappa shape index (κ2) is 7.41. The molecule has 2 aromatic rings. The number of aromatic nitrogens is 1. The van der Waals surface area contributed by atoms with Gasteiger partial charge in [-0.25, -0.2) is 0 Å². The van der Waals surface area contributed by atoms with Crippen molar-refractivity contribution < 1.29 is 4.74 Å². The Balaban J connectivity index is 2.04. The van der Waals surface area contributed by atoms with E-state index in [0.29, 0.717) is 6.04 Å². The molecule has 0 saturated heterocycles. The summed E-state index contributed by atoms with van der Waals surface area (Å²) in [7, 11) is 3.68. The third kappa shape index (κ3) is 4.05. The molecule has 0 fully saturated rings. The Labute approximate surface area is 128 Å². The summed E-state index contributed by atoms with van der Waals surface area (Å²) < 4.78 is 6.25. The Kier molecular flexibility index (Phi) is 5.56. The Morgan fingerprint density at radius 2 is 1.85 bits per heavy atom. The van der Waals surface area contributed by atoms with Crippen LogP contribution >= 0.6 is 15.9 Å². The molecule has 2 rings (SSSR count). The van der Waals surface area contributed by atoms with Crippen LogP contribution in [0.3, 0.4) is 0 Å². The molecule has 0 aliphatic carbocycles. The number of hydrogen-bond donors (Lipinski definition) is 1. The molecule has 0 radical (unpaired) electrons. The van der Waals surface area contributed by atoms with Crippen LogP contribution in [-0.2, 0) is 12.8 Å². The molecule has 1 aromatic heterocycles. The van der Waals surface area contributed by atoms with Crippen LogP contribution < -0.4 is 10.1 Å². The van der Waals surface area contributed by atoms with Crippen molar-refractivity contribution >= 4 is 15.9 Å². The van der Waals surface area contributed by atoms with Crippen molar-refractivity contribution in [3.05, 3.63) is 58.3 Å². The summed E-state index contributed by atoms with van der Waals surface area (Å²) in [4.78, 5) is 4.05. The van der Waals surface area contributed by atoms with Crippen LogP contribution in [0.1, 0.15) is 11.1 Å². The monoisotopic (exact) mass is 334 g/mol. The third-order valence-corrected chi connectivity index (χ3v) is 3.96. The SMILES string of the molecule is CNC(Cc1ccncc1)Cc1ccc(OC)c(Br)c1. The summed E-state index contributed by atoms with van der Waals surface area (Å²) >= 11 is 3.53. The Bertz CT molecular complexity index is 545. The van der Waals surface area contributed by atoms with E-state index in [4.69, 9.17) is 4.74 Å². The number of hydrogen-bond acceptors (Lipinski definition) is 3. The largest absolute Gasteiger partial charge is 0.496 e. The molecule has 0 saturated carbocycles. The Morgan fingerprint density at radius 3 is 2.45 bits per heavy atom. The van der Waals surface area contributed by atoms with Gasteiger partial charge in [0.2, 0.25) is 0 Å². The van der Waals surface area contributed by atoms with E-state index in [-0.39, 0.29) is 0 Å². The molecule has 1 aromatic carbocycles. The molecule has 1 unspecified atom stereocenters. The highest BCUT2D eigenvalue weighted by Crippen LogP contribution is 2.26. The average Bonchev–Trinajstić information content (AvgIpc) is 2.48. The quantitative estimate of drug-likeness (QED) is 0.880. The number of nitrogens with one attached hydrogen (secondary N) is 1. The number of likely N-dealkylation sites (N-methyl/N-ethyl adjacent to an activating group) is 1. The van der Waals surface area contributed by atoms with Crippen molar-refractivity contribution in [3.63, 3.8) is 0 Å². The zero-order valence-electron chi connectivity index (χ0n) is 11.8. The molecule has 0 aliphatic rings. The zero-order chi connectivity index (χ0) is 14.4. The van der Waals surface area contributed by atoms with Gasteiger partial charge in [-0.3, -0.25) is 4.98 Å². The van der Waals surface area contributed by atoms with Gasteiger partial charge in [0.15, 0.2) is 0 Å². The van der Waals surface area contributed by atoms with Gasteiger partial charge in [-0.15, -0.1) is 0 Å². The molecule has 4 heteroatoms. The van der Waals surface area contributed by atoms with Gasteiger partial charge in [-0.05, 0) is 71.2 Å². The molecule has 1 heterocycles. The van der Waals surface area contributed by atoms with Gasteiger partial charge >= 0.3 is 0 Å². The fourth-order valence-corrected chi connectivity index (χ4v) is 2.79. The molecule has 3 nitrogen and oxygen atoms in total. The second-order valence-corrected chi connectivity index (χ2v) is 5.57. The van der Waals surface area contributed by atoms with Crippen molar-refractivity contribution in [1.29, 1.82) is 0 Å². The summed E-state index contributed by atoms with van der Waals surface area (Å²) in [5.74, 6) is 0.865. The fourth-order valence-electron chi connectivity index (χ4n) is 2.20. The highest BCUT2D eigenvalue weighted by Gasteiger charge is 2.10. The summed E-state index contributed by atoms with van der Waals surface area (Å²) in [6.45, 7) is 0. The van der Waals surface area contributed by atoms with Gasteiger partial charge in [-0.1, -0.05) is 6.07 Å². The first-order chi connectivity index (χ1) is 9.72. The normalized spacial score (nSPS) is 12.2. The molecule has 106 valence electrons. The predicted molar refractivity (Wildman–Crippen MR) is 85.2 cm³/mol. The first kappa shape index (κ1) is 15.0. The third-order valence-electron chi connectivity index (χ3n) is 3.34. The molecule has 0 spiro atoms. The molecular formula is C16H19BrN2O. The van der Waals surface area contributed by atoms with E-state index in [0.717, 1.165) is 23.1 Å². The summed E-state index contributed by atoms with van der Waals surface area (Å²) in [6.07, 6.45) is 5.64. The van der Waals surface area contributed by atoms with Gasteiger partial charge < -0.3 is 10.1 Å². The van der Waals surface area contributed by atoms with Crippen molar-refractivity contribution in [3.8, 4) is 5.75 Å². The minimum Gasteiger partial charge on any atom is -0.496 e. The lowest BCUT2D eigenvalue weighted by molar-refractivity contribution is 0.412. The highest BCUT2D eigenvalue weighted by atomic mass is 79.9. The van der Waals surface area contributed by atoms with E-state index in [9.17, 15) is 0 Å². The van der Waals surface area contributed by atoms with E-state index in [2.05, 4.69) is 50.5 Å². The first-order valence-corrected chi connectivity index (χ1v) is 7.41. The average molecular weight is 335 g/mol. The number of methoxy groups -OCH3 is 1. The summed E-state index contributed by atoms with van der Waals surface area (Å²) in [5, 5.41) is 3.38.